The molecular weight excluding hydrogens is 456 g/mol. The predicted molar refractivity (Wildman–Crippen MR) is 132 cm³/mol. The number of nitrogens with one attached hydrogen (secondary N) is 1. The van der Waals surface area contributed by atoms with Gasteiger partial charge >= 0.3 is 0 Å². The van der Waals surface area contributed by atoms with Crippen LogP contribution in [0.4, 0.5) is 5.13 Å². The molecule has 1 amide bonds. The van der Waals surface area contributed by atoms with E-state index >= 15 is 0 Å². The number of hydrogen-bond acceptors (Lipinski definition) is 5. The lowest BCUT2D eigenvalue weighted by Crippen LogP contribution is -2.19. The Morgan fingerprint density at radius 2 is 1.82 bits per heavy atom. The van der Waals surface area contributed by atoms with Crippen molar-refractivity contribution < 1.29 is 4.79 Å². The fourth-order valence-corrected chi connectivity index (χ4v) is 4.55. The van der Waals surface area contributed by atoms with Crippen molar-refractivity contribution in [1.82, 2.24) is 14.5 Å². The summed E-state index contributed by atoms with van der Waals surface area (Å²) in [5.74, 6) is -0.269. The molecule has 5 rings (SSSR count). The lowest BCUT2D eigenvalue weighted by Gasteiger charge is -2.08. The standard InChI is InChI=1S/C25H17ClN4O2S/c26-18-5-3-4-16(12-18)13-20-14-27-25(33-20)29-23(31)17-8-10-19(11-9-17)30-15-28-22-7-2-1-6-21(22)24(30)32/h1-12,14-15H,13H2,(H,27,29,31). The lowest BCUT2D eigenvalue weighted by molar-refractivity contribution is 0.102. The molecule has 8 heteroatoms. The van der Waals surface area contributed by atoms with Gasteiger partial charge in [0, 0.05) is 28.1 Å². The van der Waals surface area contributed by atoms with Gasteiger partial charge in [-0.25, -0.2) is 9.97 Å². The van der Waals surface area contributed by atoms with Gasteiger partial charge in [-0.1, -0.05) is 35.9 Å². The number of para-hydroxylation sites is 1. The van der Waals surface area contributed by atoms with E-state index in [0.29, 0.717) is 38.7 Å². The number of nitrogens with zero attached hydrogens (tertiary/aromatic N) is 3. The summed E-state index contributed by atoms with van der Waals surface area (Å²) in [6.07, 6.45) is 3.94. The molecule has 0 atom stereocenters. The van der Waals surface area contributed by atoms with Gasteiger partial charge in [-0.05, 0) is 54.1 Å². The second-order valence-electron chi connectivity index (χ2n) is 7.38. The Morgan fingerprint density at radius 1 is 1.00 bits per heavy atom. The first-order chi connectivity index (χ1) is 16.1. The molecule has 5 aromatic rings. The van der Waals surface area contributed by atoms with Crippen LogP contribution in [0, 0.1) is 0 Å². The Hall–Kier alpha value is -3.81. The molecule has 0 radical (unpaired) electrons. The molecule has 2 heterocycles. The Labute approximate surface area is 198 Å². The number of anilines is 1. The zero-order chi connectivity index (χ0) is 22.8. The summed E-state index contributed by atoms with van der Waals surface area (Å²) in [6, 6.07) is 21.6. The van der Waals surface area contributed by atoms with E-state index in [1.807, 2.05) is 36.4 Å². The maximum Gasteiger partial charge on any atom is 0.265 e. The molecule has 0 aliphatic rings. The molecule has 0 bridgehead atoms. The highest BCUT2D eigenvalue weighted by Gasteiger charge is 2.11. The molecule has 0 saturated heterocycles. The molecule has 3 aromatic carbocycles. The van der Waals surface area contributed by atoms with E-state index in [2.05, 4.69) is 15.3 Å². The van der Waals surface area contributed by atoms with Crippen LogP contribution in [-0.2, 0) is 6.42 Å². The Morgan fingerprint density at radius 3 is 2.64 bits per heavy atom. The fourth-order valence-electron chi connectivity index (χ4n) is 3.49. The quantitative estimate of drug-likeness (QED) is 0.374. The predicted octanol–water partition coefficient (Wildman–Crippen LogP) is 5.34. The Balaban J connectivity index is 1.30. The maximum absolute atomic E-state index is 12.8. The maximum atomic E-state index is 12.8. The SMILES string of the molecule is O=C(Nc1ncc(Cc2cccc(Cl)c2)s1)c1ccc(-n2cnc3ccccc3c2=O)cc1. The van der Waals surface area contributed by atoms with Crippen molar-refractivity contribution in [3.8, 4) is 5.69 Å². The summed E-state index contributed by atoms with van der Waals surface area (Å²) in [5, 5.41) is 4.59. The lowest BCUT2D eigenvalue weighted by atomic mass is 10.1. The minimum Gasteiger partial charge on any atom is -0.298 e. The van der Waals surface area contributed by atoms with Crippen LogP contribution in [0.5, 0.6) is 0 Å². The monoisotopic (exact) mass is 472 g/mol. The normalized spacial score (nSPS) is 10.9. The second kappa shape index (κ2) is 8.97. The second-order valence-corrected chi connectivity index (χ2v) is 8.93. The van der Waals surface area contributed by atoms with Gasteiger partial charge in [0.1, 0.15) is 6.33 Å². The molecule has 0 aliphatic heterocycles. The van der Waals surface area contributed by atoms with Crippen LogP contribution in [-0.4, -0.2) is 20.4 Å². The molecule has 0 aliphatic carbocycles. The minimum atomic E-state index is -0.269. The van der Waals surface area contributed by atoms with Crippen molar-refractivity contribution in [1.29, 1.82) is 0 Å². The third-order valence-electron chi connectivity index (χ3n) is 5.11. The molecule has 162 valence electrons. The molecule has 0 unspecified atom stereocenters. The van der Waals surface area contributed by atoms with E-state index in [1.54, 1.807) is 42.6 Å². The molecule has 6 nitrogen and oxygen atoms in total. The number of rotatable bonds is 5. The third-order valence-corrected chi connectivity index (χ3v) is 6.26. The van der Waals surface area contributed by atoms with Crippen LogP contribution < -0.4 is 10.9 Å². The average molecular weight is 473 g/mol. The zero-order valence-electron chi connectivity index (χ0n) is 17.2. The Bertz CT molecular complexity index is 1530. The van der Waals surface area contributed by atoms with Crippen LogP contribution in [0.15, 0.2) is 90.1 Å². The van der Waals surface area contributed by atoms with Gasteiger partial charge in [0.15, 0.2) is 5.13 Å². The zero-order valence-corrected chi connectivity index (χ0v) is 18.8. The van der Waals surface area contributed by atoms with E-state index in [9.17, 15) is 9.59 Å². The number of thiazole rings is 1. The molecule has 2 aromatic heterocycles. The molecule has 33 heavy (non-hydrogen) atoms. The first-order valence-electron chi connectivity index (χ1n) is 10.1. The van der Waals surface area contributed by atoms with Gasteiger partial charge < -0.3 is 0 Å². The largest absolute Gasteiger partial charge is 0.298 e. The summed E-state index contributed by atoms with van der Waals surface area (Å²) in [7, 11) is 0. The summed E-state index contributed by atoms with van der Waals surface area (Å²) in [6.45, 7) is 0. The van der Waals surface area contributed by atoms with E-state index in [-0.39, 0.29) is 11.5 Å². The number of carbonyl (C=O) groups is 1. The summed E-state index contributed by atoms with van der Waals surface area (Å²) >= 11 is 7.47. The number of benzene rings is 3. The number of carbonyl (C=O) groups excluding carboxylic acids is 1. The van der Waals surface area contributed by atoms with Crippen LogP contribution in [0.1, 0.15) is 20.8 Å². The number of aromatic nitrogens is 3. The van der Waals surface area contributed by atoms with Crippen molar-refractivity contribution >= 4 is 44.9 Å². The van der Waals surface area contributed by atoms with Crippen molar-refractivity contribution in [2.24, 2.45) is 0 Å². The molecule has 1 N–H and O–H groups in total. The number of amides is 1. The summed E-state index contributed by atoms with van der Waals surface area (Å²) < 4.78 is 1.47. The third kappa shape index (κ3) is 4.55. The van der Waals surface area contributed by atoms with Gasteiger partial charge in [0.05, 0.1) is 16.6 Å². The first-order valence-corrected chi connectivity index (χ1v) is 11.3. The average Bonchev–Trinajstić information content (AvgIpc) is 3.26. The number of halogens is 1. The van der Waals surface area contributed by atoms with E-state index < -0.39 is 0 Å². The van der Waals surface area contributed by atoms with E-state index in [1.165, 1.54) is 22.2 Å². The van der Waals surface area contributed by atoms with Crippen LogP contribution in [0.2, 0.25) is 5.02 Å². The van der Waals surface area contributed by atoms with E-state index in [0.717, 1.165) is 10.4 Å². The van der Waals surface area contributed by atoms with Gasteiger partial charge in [-0.2, -0.15) is 0 Å². The van der Waals surface area contributed by atoms with Crippen LogP contribution in [0.25, 0.3) is 16.6 Å². The highest BCUT2D eigenvalue weighted by molar-refractivity contribution is 7.15. The number of fused-ring (bicyclic) bond motifs is 1. The van der Waals surface area contributed by atoms with Gasteiger partial charge in [0.2, 0.25) is 0 Å². The van der Waals surface area contributed by atoms with Gasteiger partial charge in [-0.15, -0.1) is 11.3 Å². The minimum absolute atomic E-state index is 0.159. The van der Waals surface area contributed by atoms with Gasteiger partial charge in [0.25, 0.3) is 11.5 Å². The summed E-state index contributed by atoms with van der Waals surface area (Å²) in [5.41, 5.74) is 2.67. The first kappa shape index (κ1) is 21.1. The summed E-state index contributed by atoms with van der Waals surface area (Å²) in [4.78, 5) is 35.1. The molecular formula is C25H17ClN4O2S. The van der Waals surface area contributed by atoms with E-state index in [4.69, 9.17) is 11.6 Å². The number of hydrogen-bond donors (Lipinski definition) is 1. The molecule has 0 fully saturated rings. The molecule has 0 spiro atoms. The highest BCUT2D eigenvalue weighted by atomic mass is 35.5. The van der Waals surface area contributed by atoms with Crippen molar-refractivity contribution in [3.63, 3.8) is 0 Å². The van der Waals surface area contributed by atoms with Crippen molar-refractivity contribution in [2.75, 3.05) is 5.32 Å². The molecule has 0 saturated carbocycles. The fraction of sp³-hybridized carbons (Fsp3) is 0.0400. The van der Waals surface area contributed by atoms with Crippen molar-refractivity contribution in [3.05, 3.63) is 117 Å². The van der Waals surface area contributed by atoms with Crippen LogP contribution >= 0.6 is 22.9 Å². The highest BCUT2D eigenvalue weighted by Crippen LogP contribution is 2.23. The van der Waals surface area contributed by atoms with Gasteiger partial charge in [-0.3, -0.25) is 19.5 Å². The van der Waals surface area contributed by atoms with Crippen molar-refractivity contribution in [2.45, 2.75) is 6.42 Å². The topological polar surface area (TPSA) is 76.9 Å². The smallest absolute Gasteiger partial charge is 0.265 e. The Kier molecular flexibility index (Phi) is 5.73. The van der Waals surface area contributed by atoms with Crippen LogP contribution in [0.3, 0.4) is 0 Å².